The van der Waals surface area contributed by atoms with Gasteiger partial charge in [-0.3, -0.25) is 4.79 Å². The second-order valence-corrected chi connectivity index (χ2v) is 6.35. The van der Waals surface area contributed by atoms with Crippen LogP contribution in [0.5, 0.6) is 5.75 Å². The number of carbonyl (C=O) groups is 1. The van der Waals surface area contributed by atoms with Crippen LogP contribution >= 0.6 is 0 Å². The number of nitrogens with one attached hydrogen (secondary N) is 1. The first-order valence-electron chi connectivity index (χ1n) is 9.07. The molecule has 3 rings (SSSR count). The van der Waals surface area contributed by atoms with Crippen LogP contribution in [0.1, 0.15) is 16.8 Å². The summed E-state index contributed by atoms with van der Waals surface area (Å²) in [5.41, 5.74) is 2.55. The lowest BCUT2D eigenvalue weighted by atomic mass is 10.0. The van der Waals surface area contributed by atoms with Gasteiger partial charge in [0, 0.05) is 17.7 Å². The molecule has 0 aliphatic carbocycles. The van der Waals surface area contributed by atoms with Gasteiger partial charge >= 0.3 is 0 Å². The van der Waals surface area contributed by atoms with Gasteiger partial charge in [-0.1, -0.05) is 30.3 Å². The molecule has 1 amide bonds. The molecule has 2 N–H and O–H groups in total. The highest BCUT2D eigenvalue weighted by atomic mass is 16.5. The normalized spacial score (nSPS) is 19.5. The number of carbonyl (C=O) groups excluding carboxylic acids is 1. The Bertz CT molecular complexity index is 746. The summed E-state index contributed by atoms with van der Waals surface area (Å²) < 4.78 is 16.4. The molecule has 27 heavy (non-hydrogen) atoms. The zero-order valence-corrected chi connectivity index (χ0v) is 15.4. The first kappa shape index (κ1) is 19.4. The Morgan fingerprint density at radius 1 is 1.22 bits per heavy atom. The van der Waals surface area contributed by atoms with E-state index in [-0.39, 0.29) is 31.3 Å². The molecule has 0 saturated carbocycles. The van der Waals surface area contributed by atoms with E-state index in [2.05, 4.69) is 5.32 Å². The Morgan fingerprint density at radius 3 is 2.74 bits per heavy atom. The van der Waals surface area contributed by atoms with Gasteiger partial charge in [0.25, 0.3) is 5.91 Å². The molecule has 6 heteroatoms. The standard InChI is InChI=1S/C21H25NO5/c1-25-19-5-3-2-4-17(19)15-6-8-16(9-7-15)21(24)22-18-10-12-26-14-20(18)27-13-11-23/h2-9,18,20,23H,10-14H2,1H3,(H,22,24)/t18-,20-/m1/s1. The molecular weight excluding hydrogens is 346 g/mol. The molecule has 1 saturated heterocycles. The monoisotopic (exact) mass is 371 g/mol. The lowest BCUT2D eigenvalue weighted by molar-refractivity contribution is -0.0737. The van der Waals surface area contributed by atoms with E-state index in [0.29, 0.717) is 25.2 Å². The van der Waals surface area contributed by atoms with Gasteiger partial charge in [0.1, 0.15) is 11.9 Å². The van der Waals surface area contributed by atoms with E-state index in [0.717, 1.165) is 16.9 Å². The number of benzene rings is 2. The van der Waals surface area contributed by atoms with Crippen molar-refractivity contribution in [1.29, 1.82) is 0 Å². The average Bonchev–Trinajstić information content (AvgIpc) is 2.73. The zero-order valence-electron chi connectivity index (χ0n) is 15.4. The van der Waals surface area contributed by atoms with Gasteiger partial charge in [0.15, 0.2) is 0 Å². The summed E-state index contributed by atoms with van der Waals surface area (Å²) in [4.78, 5) is 12.6. The predicted octanol–water partition coefficient (Wildman–Crippen LogP) is 2.26. The fourth-order valence-corrected chi connectivity index (χ4v) is 3.18. The van der Waals surface area contributed by atoms with Crippen molar-refractivity contribution in [2.45, 2.75) is 18.6 Å². The Balaban J connectivity index is 1.68. The van der Waals surface area contributed by atoms with Gasteiger partial charge in [-0.25, -0.2) is 0 Å². The number of hydrogen-bond acceptors (Lipinski definition) is 5. The summed E-state index contributed by atoms with van der Waals surface area (Å²) in [5, 5.41) is 12.0. The molecule has 1 aliphatic heterocycles. The number of aliphatic hydroxyl groups is 1. The van der Waals surface area contributed by atoms with Crippen molar-refractivity contribution in [1.82, 2.24) is 5.32 Å². The fourth-order valence-electron chi connectivity index (χ4n) is 3.18. The molecule has 6 nitrogen and oxygen atoms in total. The van der Waals surface area contributed by atoms with Gasteiger partial charge in [-0.05, 0) is 30.2 Å². The highest BCUT2D eigenvalue weighted by molar-refractivity contribution is 5.95. The van der Waals surface area contributed by atoms with Crippen LogP contribution < -0.4 is 10.1 Å². The summed E-state index contributed by atoms with van der Waals surface area (Å²) in [6.07, 6.45) is 0.434. The minimum absolute atomic E-state index is 0.0540. The molecule has 1 fully saturated rings. The van der Waals surface area contributed by atoms with Crippen LogP contribution in [0.3, 0.4) is 0 Å². The third-order valence-electron chi connectivity index (χ3n) is 4.61. The van der Waals surface area contributed by atoms with Crippen molar-refractivity contribution in [2.24, 2.45) is 0 Å². The smallest absolute Gasteiger partial charge is 0.251 e. The summed E-state index contributed by atoms with van der Waals surface area (Å²) in [5.74, 6) is 0.645. The molecule has 1 heterocycles. The van der Waals surface area contributed by atoms with Crippen molar-refractivity contribution in [3.8, 4) is 16.9 Å². The van der Waals surface area contributed by atoms with Gasteiger partial charge in [0.2, 0.25) is 0 Å². The third-order valence-corrected chi connectivity index (χ3v) is 4.61. The van der Waals surface area contributed by atoms with E-state index < -0.39 is 0 Å². The van der Waals surface area contributed by atoms with Gasteiger partial charge in [0.05, 0.1) is 33.0 Å². The number of methoxy groups -OCH3 is 1. The largest absolute Gasteiger partial charge is 0.496 e. The Kier molecular flexibility index (Phi) is 6.81. The minimum Gasteiger partial charge on any atom is -0.496 e. The van der Waals surface area contributed by atoms with E-state index in [1.807, 2.05) is 36.4 Å². The zero-order chi connectivity index (χ0) is 19.1. The molecular formula is C21H25NO5. The first-order chi connectivity index (χ1) is 13.2. The van der Waals surface area contributed by atoms with E-state index >= 15 is 0 Å². The van der Waals surface area contributed by atoms with Crippen molar-refractivity contribution in [3.05, 3.63) is 54.1 Å². The van der Waals surface area contributed by atoms with Crippen LogP contribution in [-0.4, -0.2) is 56.7 Å². The van der Waals surface area contributed by atoms with Gasteiger partial charge in [-0.15, -0.1) is 0 Å². The molecule has 0 spiro atoms. The predicted molar refractivity (Wildman–Crippen MR) is 102 cm³/mol. The second-order valence-electron chi connectivity index (χ2n) is 6.35. The molecule has 144 valence electrons. The highest BCUT2D eigenvalue weighted by Gasteiger charge is 2.28. The minimum atomic E-state index is -0.247. The maximum atomic E-state index is 12.6. The van der Waals surface area contributed by atoms with Crippen LogP contribution in [0, 0.1) is 0 Å². The summed E-state index contributed by atoms with van der Waals surface area (Å²) >= 11 is 0. The van der Waals surface area contributed by atoms with Crippen LogP contribution in [0.4, 0.5) is 0 Å². The summed E-state index contributed by atoms with van der Waals surface area (Å²) in [6, 6.07) is 15.1. The van der Waals surface area contributed by atoms with Crippen LogP contribution in [-0.2, 0) is 9.47 Å². The fraction of sp³-hybridized carbons (Fsp3) is 0.381. The van der Waals surface area contributed by atoms with E-state index in [4.69, 9.17) is 19.3 Å². The Labute approximate surface area is 159 Å². The number of hydrogen-bond donors (Lipinski definition) is 2. The van der Waals surface area contributed by atoms with Crippen LogP contribution in [0.2, 0.25) is 0 Å². The van der Waals surface area contributed by atoms with E-state index in [9.17, 15) is 4.79 Å². The molecule has 2 atom stereocenters. The van der Waals surface area contributed by atoms with Crippen molar-refractivity contribution in [2.75, 3.05) is 33.5 Å². The lowest BCUT2D eigenvalue weighted by Crippen LogP contribution is -2.50. The molecule has 0 radical (unpaired) electrons. The Hall–Kier alpha value is -2.41. The van der Waals surface area contributed by atoms with E-state index in [1.165, 1.54) is 0 Å². The number of amides is 1. The molecule has 1 aliphatic rings. The third kappa shape index (κ3) is 4.86. The molecule has 2 aromatic rings. The maximum Gasteiger partial charge on any atom is 0.251 e. The highest BCUT2D eigenvalue weighted by Crippen LogP contribution is 2.29. The molecule has 0 aromatic heterocycles. The number of rotatable bonds is 7. The van der Waals surface area contributed by atoms with Crippen molar-refractivity contribution < 1.29 is 24.1 Å². The molecule has 2 aromatic carbocycles. The Morgan fingerprint density at radius 2 is 2.00 bits per heavy atom. The van der Waals surface area contributed by atoms with Crippen LogP contribution in [0.25, 0.3) is 11.1 Å². The van der Waals surface area contributed by atoms with Gasteiger partial charge < -0.3 is 24.6 Å². The van der Waals surface area contributed by atoms with Gasteiger partial charge in [-0.2, -0.15) is 0 Å². The average molecular weight is 371 g/mol. The first-order valence-corrected chi connectivity index (χ1v) is 9.07. The molecule has 0 bridgehead atoms. The lowest BCUT2D eigenvalue weighted by Gasteiger charge is -2.32. The summed E-state index contributed by atoms with van der Waals surface area (Å²) in [6.45, 7) is 1.17. The topological polar surface area (TPSA) is 77.0 Å². The number of ether oxygens (including phenoxy) is 3. The maximum absolute atomic E-state index is 12.6. The van der Waals surface area contributed by atoms with Crippen molar-refractivity contribution >= 4 is 5.91 Å². The number of para-hydroxylation sites is 1. The SMILES string of the molecule is COc1ccccc1-c1ccc(C(=O)N[C@@H]2CCOC[C@H]2OCCO)cc1. The van der Waals surface area contributed by atoms with Crippen LogP contribution in [0.15, 0.2) is 48.5 Å². The van der Waals surface area contributed by atoms with E-state index in [1.54, 1.807) is 19.2 Å². The molecule has 0 unspecified atom stereocenters. The summed E-state index contributed by atoms with van der Waals surface area (Å²) in [7, 11) is 1.64. The quantitative estimate of drug-likeness (QED) is 0.781. The second kappa shape index (κ2) is 9.50. The van der Waals surface area contributed by atoms with Crippen molar-refractivity contribution in [3.63, 3.8) is 0 Å². The number of aliphatic hydroxyl groups excluding tert-OH is 1.